The van der Waals surface area contributed by atoms with Crippen LogP contribution < -0.4 is 5.73 Å². The second kappa shape index (κ2) is 5.30. The smallest absolute Gasteiger partial charge is 0.0437 e. The molecule has 0 saturated heterocycles. The molecule has 0 aliphatic carbocycles. The van der Waals surface area contributed by atoms with Crippen LogP contribution in [0.3, 0.4) is 0 Å². The van der Waals surface area contributed by atoms with Crippen LogP contribution in [-0.2, 0) is 0 Å². The van der Waals surface area contributed by atoms with Crippen LogP contribution >= 0.6 is 11.3 Å². The van der Waals surface area contributed by atoms with Gasteiger partial charge in [0.1, 0.15) is 0 Å². The summed E-state index contributed by atoms with van der Waals surface area (Å²) in [6, 6.07) is 4.15. The van der Waals surface area contributed by atoms with Crippen molar-refractivity contribution in [2.75, 3.05) is 13.2 Å². The number of hydrogen-bond acceptors (Lipinski definition) is 3. The normalized spacial score (nSPS) is 13.2. The summed E-state index contributed by atoms with van der Waals surface area (Å²) in [6.07, 6.45) is 1.80. The molecule has 0 radical (unpaired) electrons. The average Bonchev–Trinajstić information content (AvgIpc) is 2.56. The molecule has 0 saturated carbocycles. The van der Waals surface area contributed by atoms with Gasteiger partial charge in [-0.2, -0.15) is 0 Å². The largest absolute Gasteiger partial charge is 0.396 e. The molecular formula is C9H15NOS. The zero-order valence-corrected chi connectivity index (χ0v) is 7.89. The summed E-state index contributed by atoms with van der Waals surface area (Å²) in [5.74, 6) is 0.458. The third kappa shape index (κ3) is 2.59. The van der Waals surface area contributed by atoms with Crippen molar-refractivity contribution in [2.45, 2.75) is 18.8 Å². The lowest BCUT2D eigenvalue weighted by atomic mass is 10.0. The van der Waals surface area contributed by atoms with E-state index in [1.165, 1.54) is 4.88 Å². The van der Waals surface area contributed by atoms with Crippen molar-refractivity contribution in [2.24, 2.45) is 5.73 Å². The fourth-order valence-corrected chi connectivity index (χ4v) is 2.21. The summed E-state index contributed by atoms with van der Waals surface area (Å²) in [4.78, 5) is 1.34. The molecule has 1 atom stereocenters. The Hall–Kier alpha value is -0.380. The van der Waals surface area contributed by atoms with E-state index in [-0.39, 0.29) is 6.61 Å². The van der Waals surface area contributed by atoms with Gasteiger partial charge in [0.15, 0.2) is 0 Å². The SMILES string of the molecule is NCCC(CCO)c1cccs1. The van der Waals surface area contributed by atoms with Crippen molar-refractivity contribution >= 4 is 11.3 Å². The number of nitrogens with two attached hydrogens (primary N) is 1. The molecule has 0 aromatic carbocycles. The Kier molecular flexibility index (Phi) is 4.29. The van der Waals surface area contributed by atoms with Gasteiger partial charge in [-0.3, -0.25) is 0 Å². The lowest BCUT2D eigenvalue weighted by molar-refractivity contribution is 0.274. The Balaban J connectivity index is 2.53. The molecule has 68 valence electrons. The van der Waals surface area contributed by atoms with E-state index in [1.807, 2.05) is 6.07 Å². The Morgan fingerprint density at radius 1 is 1.50 bits per heavy atom. The third-order valence-electron chi connectivity index (χ3n) is 1.94. The van der Waals surface area contributed by atoms with Crippen molar-refractivity contribution in [1.82, 2.24) is 0 Å². The van der Waals surface area contributed by atoms with E-state index in [4.69, 9.17) is 10.8 Å². The van der Waals surface area contributed by atoms with E-state index in [1.54, 1.807) is 11.3 Å². The summed E-state index contributed by atoms with van der Waals surface area (Å²) in [5.41, 5.74) is 5.49. The summed E-state index contributed by atoms with van der Waals surface area (Å²) < 4.78 is 0. The maximum Gasteiger partial charge on any atom is 0.0437 e. The molecule has 0 fully saturated rings. The quantitative estimate of drug-likeness (QED) is 0.731. The molecular weight excluding hydrogens is 170 g/mol. The maximum absolute atomic E-state index is 8.83. The van der Waals surface area contributed by atoms with Gasteiger partial charge in [0.25, 0.3) is 0 Å². The molecule has 3 N–H and O–H groups in total. The summed E-state index contributed by atoms with van der Waals surface area (Å²) in [6.45, 7) is 0.950. The van der Waals surface area contributed by atoms with Gasteiger partial charge in [0.2, 0.25) is 0 Å². The van der Waals surface area contributed by atoms with Crippen molar-refractivity contribution < 1.29 is 5.11 Å². The highest BCUT2D eigenvalue weighted by Gasteiger charge is 2.10. The van der Waals surface area contributed by atoms with Gasteiger partial charge >= 0.3 is 0 Å². The molecule has 12 heavy (non-hydrogen) atoms. The van der Waals surface area contributed by atoms with E-state index in [9.17, 15) is 0 Å². The van der Waals surface area contributed by atoms with Crippen LogP contribution in [0.5, 0.6) is 0 Å². The molecule has 2 nitrogen and oxygen atoms in total. The van der Waals surface area contributed by atoms with Crippen LogP contribution in [0.2, 0.25) is 0 Å². The molecule has 1 unspecified atom stereocenters. The van der Waals surface area contributed by atoms with Crippen LogP contribution in [0, 0.1) is 0 Å². The number of aliphatic hydroxyl groups excluding tert-OH is 1. The fraction of sp³-hybridized carbons (Fsp3) is 0.556. The molecule has 1 heterocycles. The lowest BCUT2D eigenvalue weighted by Gasteiger charge is -2.11. The van der Waals surface area contributed by atoms with Crippen LogP contribution in [0.1, 0.15) is 23.6 Å². The Morgan fingerprint density at radius 2 is 2.33 bits per heavy atom. The minimum absolute atomic E-state index is 0.253. The van der Waals surface area contributed by atoms with E-state index >= 15 is 0 Å². The summed E-state index contributed by atoms with van der Waals surface area (Å²) >= 11 is 1.74. The van der Waals surface area contributed by atoms with Gasteiger partial charge in [0.05, 0.1) is 0 Å². The molecule has 1 rings (SSSR count). The standard InChI is InChI=1S/C9H15NOS/c10-5-3-8(4-6-11)9-2-1-7-12-9/h1-2,7-8,11H,3-6,10H2. The van der Waals surface area contributed by atoms with Gasteiger partial charge in [-0.15, -0.1) is 11.3 Å². The monoisotopic (exact) mass is 185 g/mol. The van der Waals surface area contributed by atoms with Crippen molar-refractivity contribution in [1.29, 1.82) is 0 Å². The number of rotatable bonds is 5. The van der Waals surface area contributed by atoms with E-state index in [0.717, 1.165) is 12.8 Å². The highest BCUT2D eigenvalue weighted by atomic mass is 32.1. The molecule has 0 amide bonds. The Bertz CT molecular complexity index is 192. The number of thiophene rings is 1. The first-order valence-electron chi connectivity index (χ1n) is 4.22. The summed E-state index contributed by atoms with van der Waals surface area (Å²) in [5, 5.41) is 10.9. The maximum atomic E-state index is 8.83. The van der Waals surface area contributed by atoms with Gasteiger partial charge < -0.3 is 10.8 Å². The van der Waals surface area contributed by atoms with Gasteiger partial charge in [0, 0.05) is 11.5 Å². The Labute approximate surface area is 77.0 Å². The molecule has 0 aliphatic rings. The van der Waals surface area contributed by atoms with Crippen molar-refractivity contribution in [3.05, 3.63) is 22.4 Å². The lowest BCUT2D eigenvalue weighted by Crippen LogP contribution is -2.07. The average molecular weight is 185 g/mol. The predicted molar refractivity (Wildman–Crippen MR) is 52.4 cm³/mol. The third-order valence-corrected chi connectivity index (χ3v) is 2.97. The highest BCUT2D eigenvalue weighted by Crippen LogP contribution is 2.26. The fourth-order valence-electron chi connectivity index (χ4n) is 1.31. The second-order valence-electron chi connectivity index (χ2n) is 2.80. The molecule has 0 bridgehead atoms. The first-order chi connectivity index (χ1) is 5.88. The van der Waals surface area contributed by atoms with Crippen LogP contribution in [0.15, 0.2) is 17.5 Å². The van der Waals surface area contributed by atoms with Crippen LogP contribution in [-0.4, -0.2) is 18.3 Å². The molecule has 1 aromatic rings. The van der Waals surface area contributed by atoms with E-state index < -0.39 is 0 Å². The highest BCUT2D eigenvalue weighted by molar-refractivity contribution is 7.10. The van der Waals surface area contributed by atoms with Gasteiger partial charge in [-0.1, -0.05) is 6.07 Å². The minimum Gasteiger partial charge on any atom is -0.396 e. The zero-order chi connectivity index (χ0) is 8.81. The molecule has 3 heteroatoms. The Morgan fingerprint density at radius 3 is 2.83 bits per heavy atom. The van der Waals surface area contributed by atoms with Crippen molar-refractivity contribution in [3.63, 3.8) is 0 Å². The topological polar surface area (TPSA) is 46.2 Å². The first-order valence-corrected chi connectivity index (χ1v) is 5.10. The van der Waals surface area contributed by atoms with Gasteiger partial charge in [-0.05, 0) is 36.8 Å². The minimum atomic E-state index is 0.253. The molecule has 0 aliphatic heterocycles. The van der Waals surface area contributed by atoms with Crippen LogP contribution in [0.4, 0.5) is 0 Å². The zero-order valence-electron chi connectivity index (χ0n) is 7.07. The van der Waals surface area contributed by atoms with Crippen molar-refractivity contribution in [3.8, 4) is 0 Å². The number of aliphatic hydroxyl groups is 1. The first kappa shape index (κ1) is 9.71. The number of hydrogen-bond donors (Lipinski definition) is 2. The second-order valence-corrected chi connectivity index (χ2v) is 3.78. The van der Waals surface area contributed by atoms with E-state index in [0.29, 0.717) is 12.5 Å². The predicted octanol–water partition coefficient (Wildman–Crippen LogP) is 1.56. The summed E-state index contributed by atoms with van der Waals surface area (Å²) in [7, 11) is 0. The van der Waals surface area contributed by atoms with Gasteiger partial charge in [-0.25, -0.2) is 0 Å². The van der Waals surface area contributed by atoms with Crippen LogP contribution in [0.25, 0.3) is 0 Å². The van der Waals surface area contributed by atoms with E-state index in [2.05, 4.69) is 11.4 Å². The molecule has 0 spiro atoms. The molecule has 1 aromatic heterocycles.